The fraction of sp³-hybridized carbons (Fsp3) is 0.412. The van der Waals surface area contributed by atoms with Crippen molar-refractivity contribution in [2.24, 2.45) is 0 Å². The summed E-state index contributed by atoms with van der Waals surface area (Å²) in [6.07, 6.45) is -0.562. The second kappa shape index (κ2) is 7.72. The fourth-order valence-corrected chi connectivity index (χ4v) is 3.44. The first kappa shape index (κ1) is 19.8. The van der Waals surface area contributed by atoms with Gasteiger partial charge in [0.05, 0.1) is 10.5 Å². The van der Waals surface area contributed by atoms with Crippen LogP contribution in [0.2, 0.25) is 0 Å². The van der Waals surface area contributed by atoms with Gasteiger partial charge in [-0.25, -0.2) is 9.67 Å². The molecule has 0 N–H and O–H groups in total. The predicted molar refractivity (Wildman–Crippen MR) is 95.7 cm³/mol. The monoisotopic (exact) mass is 423 g/mol. The molecule has 0 spiro atoms. The van der Waals surface area contributed by atoms with E-state index in [4.69, 9.17) is 4.52 Å². The molecule has 0 unspecified atom stereocenters. The summed E-state index contributed by atoms with van der Waals surface area (Å²) in [4.78, 5) is 20.5. The Balaban J connectivity index is 1.45. The van der Waals surface area contributed by atoms with Gasteiger partial charge in [0.2, 0.25) is 5.89 Å². The molecule has 0 bridgehead atoms. The molecule has 0 aliphatic carbocycles. The molecule has 0 amide bonds. The highest BCUT2D eigenvalue weighted by Gasteiger charge is 2.35. The molecule has 1 aliphatic heterocycles. The van der Waals surface area contributed by atoms with E-state index < -0.39 is 22.4 Å². The van der Waals surface area contributed by atoms with Crippen LogP contribution < -0.4 is 4.90 Å². The molecule has 3 heterocycles. The van der Waals surface area contributed by atoms with E-state index in [1.54, 1.807) is 9.58 Å². The lowest BCUT2D eigenvalue weighted by atomic mass is 9.96. The lowest BCUT2D eigenvalue weighted by Gasteiger charge is -2.31. The number of nitro benzene ring substituents is 1. The Bertz CT molecular complexity index is 1030. The van der Waals surface area contributed by atoms with Crippen LogP contribution in [-0.2, 0) is 12.7 Å². The highest BCUT2D eigenvalue weighted by Crippen LogP contribution is 2.38. The summed E-state index contributed by atoms with van der Waals surface area (Å²) in [7, 11) is 0. The molecule has 0 saturated carbocycles. The zero-order valence-corrected chi connectivity index (χ0v) is 15.5. The third-order valence-electron chi connectivity index (χ3n) is 4.94. The molecule has 1 fully saturated rings. The topological polar surface area (TPSA) is 116 Å². The van der Waals surface area contributed by atoms with Gasteiger partial charge in [-0.2, -0.15) is 23.3 Å². The van der Waals surface area contributed by atoms with Crippen LogP contribution in [0.1, 0.15) is 36.0 Å². The lowest BCUT2D eigenvalue weighted by Crippen LogP contribution is -2.33. The Morgan fingerprint density at radius 3 is 2.67 bits per heavy atom. The number of anilines is 1. The third-order valence-corrected chi connectivity index (χ3v) is 4.94. The van der Waals surface area contributed by atoms with E-state index in [-0.39, 0.29) is 11.6 Å². The third kappa shape index (κ3) is 4.09. The van der Waals surface area contributed by atoms with Crippen molar-refractivity contribution in [3.63, 3.8) is 0 Å². The zero-order chi connectivity index (χ0) is 21.3. The smallest absolute Gasteiger partial charge is 0.366 e. The first-order valence-corrected chi connectivity index (χ1v) is 9.07. The van der Waals surface area contributed by atoms with Gasteiger partial charge >= 0.3 is 6.18 Å². The lowest BCUT2D eigenvalue weighted by molar-refractivity contribution is -0.384. The Hall–Kier alpha value is -3.51. The van der Waals surface area contributed by atoms with Gasteiger partial charge in [-0.3, -0.25) is 10.1 Å². The van der Waals surface area contributed by atoms with Crippen molar-refractivity contribution >= 4 is 11.4 Å². The van der Waals surface area contributed by atoms with E-state index in [0.29, 0.717) is 50.3 Å². The highest BCUT2D eigenvalue weighted by molar-refractivity contribution is 5.65. The van der Waals surface area contributed by atoms with Crippen LogP contribution in [0.3, 0.4) is 0 Å². The van der Waals surface area contributed by atoms with E-state index in [0.717, 1.165) is 12.1 Å². The molecular weight excluding hydrogens is 407 g/mol. The first-order chi connectivity index (χ1) is 14.3. The van der Waals surface area contributed by atoms with Crippen molar-refractivity contribution in [2.45, 2.75) is 31.5 Å². The molecule has 4 rings (SSSR count). The van der Waals surface area contributed by atoms with Gasteiger partial charge in [0, 0.05) is 25.1 Å². The molecule has 1 aliphatic rings. The second-order valence-corrected chi connectivity index (χ2v) is 6.86. The number of aromatic nitrogens is 5. The number of hydrogen-bond acceptors (Lipinski definition) is 8. The summed E-state index contributed by atoms with van der Waals surface area (Å²) in [6, 6.07) is 2.60. The van der Waals surface area contributed by atoms with Crippen LogP contribution >= 0.6 is 0 Å². The number of hydrogen-bond donors (Lipinski definition) is 0. The maximum absolute atomic E-state index is 12.9. The minimum Gasteiger partial charge on any atom is -0.366 e. The van der Waals surface area contributed by atoms with Crippen molar-refractivity contribution in [1.82, 2.24) is 24.9 Å². The van der Waals surface area contributed by atoms with E-state index >= 15 is 0 Å². The molecule has 13 heteroatoms. The van der Waals surface area contributed by atoms with Gasteiger partial charge in [-0.15, -0.1) is 0 Å². The Morgan fingerprint density at radius 2 is 2.03 bits per heavy atom. The first-order valence-electron chi connectivity index (χ1n) is 9.07. The van der Waals surface area contributed by atoms with Crippen LogP contribution in [0.5, 0.6) is 0 Å². The van der Waals surface area contributed by atoms with Crippen molar-refractivity contribution in [3.8, 4) is 0 Å². The Kier molecular flexibility index (Phi) is 5.10. The second-order valence-electron chi connectivity index (χ2n) is 6.86. The molecule has 158 valence electrons. The summed E-state index contributed by atoms with van der Waals surface area (Å²) in [5, 5.41) is 19.2. The summed E-state index contributed by atoms with van der Waals surface area (Å²) in [5.74, 6) is 0.884. The molecule has 0 atom stereocenters. The number of nitrogens with zero attached hydrogens (tertiary/aromatic N) is 7. The van der Waals surface area contributed by atoms with Gasteiger partial charge in [0.25, 0.3) is 5.69 Å². The molecule has 0 radical (unpaired) electrons. The van der Waals surface area contributed by atoms with E-state index in [1.807, 2.05) is 0 Å². The standard InChI is InChI=1S/C17H16F3N7O3/c18-17(19,20)12-1-2-13(14(7-12)27(28)29)25-5-3-11(4-6-25)16-23-15(24-30-16)8-26-10-21-9-22-26/h1-2,7,9-11H,3-6,8H2. The largest absolute Gasteiger partial charge is 0.416 e. The molecule has 1 saturated heterocycles. The minimum atomic E-state index is -4.64. The van der Waals surface area contributed by atoms with Gasteiger partial charge < -0.3 is 9.42 Å². The fourth-order valence-electron chi connectivity index (χ4n) is 3.44. The van der Waals surface area contributed by atoms with E-state index in [1.165, 1.54) is 12.7 Å². The summed E-state index contributed by atoms with van der Waals surface area (Å²) >= 11 is 0. The minimum absolute atomic E-state index is 0.0354. The summed E-state index contributed by atoms with van der Waals surface area (Å²) in [5.41, 5.74) is -1.43. The van der Waals surface area contributed by atoms with Crippen LogP contribution in [-0.4, -0.2) is 42.9 Å². The average Bonchev–Trinajstić information content (AvgIpc) is 3.39. The van der Waals surface area contributed by atoms with E-state index in [9.17, 15) is 23.3 Å². The molecular formula is C17H16F3N7O3. The normalized spacial score (nSPS) is 15.5. The van der Waals surface area contributed by atoms with Gasteiger partial charge in [0.1, 0.15) is 24.9 Å². The molecule has 3 aromatic rings. The summed E-state index contributed by atoms with van der Waals surface area (Å²) in [6.45, 7) is 1.15. The number of nitro groups is 1. The van der Waals surface area contributed by atoms with Gasteiger partial charge in [-0.05, 0) is 25.0 Å². The van der Waals surface area contributed by atoms with Gasteiger partial charge in [0.15, 0.2) is 5.82 Å². The Labute approximate surface area is 167 Å². The average molecular weight is 423 g/mol. The van der Waals surface area contributed by atoms with Crippen LogP contribution in [0.25, 0.3) is 0 Å². The van der Waals surface area contributed by atoms with Crippen molar-refractivity contribution < 1.29 is 22.6 Å². The SMILES string of the molecule is O=[N+]([O-])c1cc(C(F)(F)F)ccc1N1CCC(c2nc(Cn3cncn3)no2)CC1. The zero-order valence-electron chi connectivity index (χ0n) is 15.5. The maximum Gasteiger partial charge on any atom is 0.416 e. The number of halogens is 3. The summed E-state index contributed by atoms with van der Waals surface area (Å²) < 4.78 is 45.6. The quantitative estimate of drug-likeness (QED) is 0.454. The molecule has 30 heavy (non-hydrogen) atoms. The van der Waals surface area contributed by atoms with Crippen molar-refractivity contribution in [3.05, 3.63) is 58.2 Å². The maximum atomic E-state index is 12.9. The van der Waals surface area contributed by atoms with Gasteiger partial charge in [-0.1, -0.05) is 5.16 Å². The number of benzene rings is 1. The predicted octanol–water partition coefficient (Wildman–Crippen LogP) is 3.02. The molecule has 2 aromatic heterocycles. The van der Waals surface area contributed by atoms with Crippen molar-refractivity contribution in [1.29, 1.82) is 0 Å². The van der Waals surface area contributed by atoms with Crippen LogP contribution in [0, 0.1) is 10.1 Å². The number of rotatable bonds is 5. The highest BCUT2D eigenvalue weighted by atomic mass is 19.4. The van der Waals surface area contributed by atoms with E-state index in [2.05, 4.69) is 20.2 Å². The van der Waals surface area contributed by atoms with Crippen LogP contribution in [0.4, 0.5) is 24.5 Å². The molecule has 1 aromatic carbocycles. The number of alkyl halides is 3. The van der Waals surface area contributed by atoms with Crippen LogP contribution in [0.15, 0.2) is 35.4 Å². The Morgan fingerprint density at radius 1 is 1.27 bits per heavy atom. The van der Waals surface area contributed by atoms with Crippen molar-refractivity contribution in [2.75, 3.05) is 18.0 Å². The molecule has 10 nitrogen and oxygen atoms in total. The number of piperidine rings is 1.